The largest absolute Gasteiger partial charge is 0.490 e. The summed E-state index contributed by atoms with van der Waals surface area (Å²) in [4.78, 5) is 2.53. The Labute approximate surface area is 139 Å². The normalized spacial score (nSPS) is 28.6. The lowest BCUT2D eigenvalue weighted by Gasteiger charge is -2.24. The molecule has 0 saturated carbocycles. The third-order valence-corrected chi connectivity index (χ3v) is 5.70. The van der Waals surface area contributed by atoms with Gasteiger partial charge in [0.05, 0.1) is 13.2 Å². The number of anilines is 1. The van der Waals surface area contributed by atoms with Gasteiger partial charge in [0.1, 0.15) is 11.9 Å². The molecule has 0 amide bonds. The van der Waals surface area contributed by atoms with Crippen LogP contribution in [-0.2, 0) is 4.74 Å². The maximum absolute atomic E-state index is 6.20. The highest BCUT2D eigenvalue weighted by atomic mass is 16.5. The number of benzene rings is 1. The number of fused-ring (bicyclic) bond motifs is 1. The fourth-order valence-electron chi connectivity index (χ4n) is 4.26. The average Bonchev–Trinajstić information content (AvgIpc) is 3.16. The van der Waals surface area contributed by atoms with Gasteiger partial charge in [-0.3, -0.25) is 0 Å². The lowest BCUT2D eigenvalue weighted by atomic mass is 9.93. The van der Waals surface area contributed by atoms with Gasteiger partial charge in [-0.15, -0.1) is 0 Å². The summed E-state index contributed by atoms with van der Waals surface area (Å²) < 4.78 is 11.6. The molecule has 0 aliphatic carbocycles. The molecule has 23 heavy (non-hydrogen) atoms. The van der Waals surface area contributed by atoms with E-state index in [0.29, 0.717) is 12.0 Å². The molecule has 1 aromatic carbocycles. The van der Waals surface area contributed by atoms with E-state index in [0.717, 1.165) is 44.4 Å². The second kappa shape index (κ2) is 6.70. The first-order chi connectivity index (χ1) is 11.3. The van der Waals surface area contributed by atoms with Crippen LogP contribution in [0, 0.1) is 0 Å². The van der Waals surface area contributed by atoms with Crippen molar-refractivity contribution in [3.63, 3.8) is 0 Å². The lowest BCUT2D eigenvalue weighted by Crippen LogP contribution is -2.27. The standard InChI is InChI=1S/C19H28N2O2/c1-21-8-2-3-15(21)11-14-13-20-19-5-4-17(12-18(14)19)23-16-6-9-22-10-7-16/h4-5,12,14-16,20H,2-3,6-11,13H2,1H3/t14-,15+/m0/s1. The summed E-state index contributed by atoms with van der Waals surface area (Å²) in [6, 6.07) is 7.34. The summed E-state index contributed by atoms with van der Waals surface area (Å²) in [6.07, 6.45) is 6.28. The maximum atomic E-state index is 6.20. The van der Waals surface area contributed by atoms with Crippen molar-refractivity contribution >= 4 is 5.69 Å². The molecule has 0 radical (unpaired) electrons. The maximum Gasteiger partial charge on any atom is 0.120 e. The Morgan fingerprint density at radius 3 is 2.91 bits per heavy atom. The van der Waals surface area contributed by atoms with Crippen molar-refractivity contribution in [3.05, 3.63) is 23.8 Å². The molecule has 3 aliphatic heterocycles. The molecule has 3 aliphatic rings. The Kier molecular flexibility index (Phi) is 4.45. The first-order valence-corrected chi connectivity index (χ1v) is 9.12. The zero-order valence-corrected chi connectivity index (χ0v) is 14.1. The zero-order valence-electron chi connectivity index (χ0n) is 14.1. The Balaban J connectivity index is 1.45. The van der Waals surface area contributed by atoms with Crippen LogP contribution in [0.4, 0.5) is 5.69 Å². The van der Waals surface area contributed by atoms with Crippen LogP contribution in [0.15, 0.2) is 18.2 Å². The van der Waals surface area contributed by atoms with Crippen LogP contribution < -0.4 is 10.1 Å². The minimum absolute atomic E-state index is 0.315. The van der Waals surface area contributed by atoms with E-state index in [1.165, 1.54) is 37.1 Å². The Morgan fingerprint density at radius 1 is 1.26 bits per heavy atom. The molecule has 4 nitrogen and oxygen atoms in total. The number of ether oxygens (including phenoxy) is 2. The second-order valence-electron chi connectivity index (χ2n) is 7.27. The molecule has 0 unspecified atom stereocenters. The highest BCUT2D eigenvalue weighted by Gasteiger charge is 2.29. The van der Waals surface area contributed by atoms with E-state index in [1.807, 2.05) is 0 Å². The van der Waals surface area contributed by atoms with E-state index in [9.17, 15) is 0 Å². The lowest BCUT2D eigenvalue weighted by molar-refractivity contribution is 0.0255. The molecule has 0 spiro atoms. The molecule has 4 heteroatoms. The van der Waals surface area contributed by atoms with Crippen molar-refractivity contribution in [2.45, 2.75) is 50.2 Å². The Morgan fingerprint density at radius 2 is 2.13 bits per heavy atom. The molecule has 2 fully saturated rings. The van der Waals surface area contributed by atoms with E-state index in [2.05, 4.69) is 35.5 Å². The molecular weight excluding hydrogens is 288 g/mol. The minimum atomic E-state index is 0.315. The second-order valence-corrected chi connectivity index (χ2v) is 7.27. The summed E-state index contributed by atoms with van der Waals surface area (Å²) in [5.41, 5.74) is 2.75. The van der Waals surface area contributed by atoms with Gasteiger partial charge in [0.2, 0.25) is 0 Å². The summed E-state index contributed by atoms with van der Waals surface area (Å²) in [6.45, 7) is 3.98. The van der Waals surface area contributed by atoms with Gasteiger partial charge in [-0.2, -0.15) is 0 Å². The number of nitrogens with one attached hydrogen (secondary N) is 1. The van der Waals surface area contributed by atoms with Crippen molar-refractivity contribution in [1.29, 1.82) is 0 Å². The SMILES string of the molecule is CN1CCC[C@@H]1C[C@H]1CNc2ccc(OC3CCOCC3)cc21. The fourth-order valence-corrected chi connectivity index (χ4v) is 4.26. The minimum Gasteiger partial charge on any atom is -0.490 e. The van der Waals surface area contributed by atoms with E-state index in [4.69, 9.17) is 9.47 Å². The van der Waals surface area contributed by atoms with Gasteiger partial charge < -0.3 is 19.7 Å². The number of likely N-dealkylation sites (tertiary alicyclic amines) is 1. The zero-order chi connectivity index (χ0) is 15.6. The van der Waals surface area contributed by atoms with Crippen molar-refractivity contribution < 1.29 is 9.47 Å². The number of hydrogen-bond acceptors (Lipinski definition) is 4. The average molecular weight is 316 g/mol. The Hall–Kier alpha value is -1.26. The first-order valence-electron chi connectivity index (χ1n) is 9.12. The third-order valence-electron chi connectivity index (χ3n) is 5.70. The van der Waals surface area contributed by atoms with E-state index in [-0.39, 0.29) is 0 Å². The quantitative estimate of drug-likeness (QED) is 0.924. The molecule has 0 aromatic heterocycles. The smallest absolute Gasteiger partial charge is 0.120 e. The summed E-state index contributed by atoms with van der Waals surface area (Å²) in [5, 5.41) is 3.58. The first kappa shape index (κ1) is 15.3. The predicted molar refractivity (Wildman–Crippen MR) is 92.4 cm³/mol. The highest BCUT2D eigenvalue weighted by Crippen LogP contribution is 2.39. The van der Waals surface area contributed by atoms with Gasteiger partial charge in [-0.1, -0.05) is 0 Å². The van der Waals surface area contributed by atoms with Crippen LogP contribution in [0.1, 0.15) is 43.6 Å². The highest BCUT2D eigenvalue weighted by molar-refractivity contribution is 5.60. The van der Waals surface area contributed by atoms with Gasteiger partial charge in [-0.05, 0) is 56.6 Å². The molecule has 126 valence electrons. The monoisotopic (exact) mass is 316 g/mol. The number of rotatable bonds is 4. The van der Waals surface area contributed by atoms with Gasteiger partial charge in [0, 0.05) is 37.0 Å². The van der Waals surface area contributed by atoms with E-state index < -0.39 is 0 Å². The molecule has 1 aromatic rings. The molecule has 2 atom stereocenters. The van der Waals surface area contributed by atoms with Gasteiger partial charge in [0.15, 0.2) is 0 Å². The molecule has 1 N–H and O–H groups in total. The van der Waals surface area contributed by atoms with Crippen molar-refractivity contribution in [2.24, 2.45) is 0 Å². The van der Waals surface area contributed by atoms with Crippen LogP contribution in [-0.4, -0.2) is 50.4 Å². The van der Waals surface area contributed by atoms with Crippen molar-refractivity contribution in [3.8, 4) is 5.75 Å². The van der Waals surface area contributed by atoms with E-state index >= 15 is 0 Å². The Bertz CT molecular complexity index is 542. The van der Waals surface area contributed by atoms with Crippen molar-refractivity contribution in [2.75, 3.05) is 38.7 Å². The number of nitrogens with zero attached hydrogens (tertiary/aromatic N) is 1. The van der Waals surface area contributed by atoms with Gasteiger partial charge in [-0.25, -0.2) is 0 Å². The molecule has 3 heterocycles. The molecular formula is C19H28N2O2. The predicted octanol–water partition coefficient (Wildman–Crippen LogP) is 3.24. The van der Waals surface area contributed by atoms with Crippen LogP contribution in [0.2, 0.25) is 0 Å². The van der Waals surface area contributed by atoms with Gasteiger partial charge >= 0.3 is 0 Å². The van der Waals surface area contributed by atoms with Crippen LogP contribution in [0.25, 0.3) is 0 Å². The van der Waals surface area contributed by atoms with Crippen LogP contribution >= 0.6 is 0 Å². The number of hydrogen-bond donors (Lipinski definition) is 1. The third kappa shape index (κ3) is 3.33. The van der Waals surface area contributed by atoms with Crippen LogP contribution in [0.3, 0.4) is 0 Å². The molecule has 4 rings (SSSR count). The van der Waals surface area contributed by atoms with E-state index in [1.54, 1.807) is 0 Å². The summed E-state index contributed by atoms with van der Waals surface area (Å²) >= 11 is 0. The molecule has 0 bridgehead atoms. The van der Waals surface area contributed by atoms with Gasteiger partial charge in [0.25, 0.3) is 0 Å². The summed E-state index contributed by atoms with van der Waals surface area (Å²) in [5.74, 6) is 1.65. The van der Waals surface area contributed by atoms with Crippen molar-refractivity contribution in [1.82, 2.24) is 4.90 Å². The topological polar surface area (TPSA) is 33.7 Å². The molecule has 2 saturated heterocycles. The van der Waals surface area contributed by atoms with Crippen LogP contribution in [0.5, 0.6) is 5.75 Å². The fraction of sp³-hybridized carbons (Fsp3) is 0.684. The summed E-state index contributed by atoms with van der Waals surface area (Å²) in [7, 11) is 2.27.